The van der Waals surface area contributed by atoms with Crippen LogP contribution in [-0.4, -0.2) is 14.6 Å². The third kappa shape index (κ3) is 8.06. The van der Waals surface area contributed by atoms with Crippen LogP contribution in [0.3, 0.4) is 0 Å². The quantitative estimate of drug-likeness (QED) is 0.339. The normalized spacial score (nSPS) is 2.20. The van der Waals surface area contributed by atoms with Gasteiger partial charge in [0, 0.05) is 0 Å². The molecule has 5 heavy (non-hydrogen) atoms. The van der Waals surface area contributed by atoms with Crippen molar-refractivity contribution in [2.24, 2.45) is 0 Å². The molecule has 0 radical (unpaired) electrons. The molecule has 0 spiro atoms. The van der Waals surface area contributed by atoms with Crippen LogP contribution in [0.15, 0.2) is 0 Å². The highest BCUT2D eigenvalue weighted by Crippen LogP contribution is 1.04. The summed E-state index contributed by atoms with van der Waals surface area (Å²) in [6, 6.07) is 0. The van der Waals surface area contributed by atoms with E-state index in [-0.39, 0.29) is 0 Å². The lowest BCUT2D eigenvalue weighted by Crippen LogP contribution is -1.32. The number of nitrogens with zero attached hydrogens (tertiary/aromatic N) is 1. The van der Waals surface area contributed by atoms with E-state index in [9.17, 15) is 0 Å². The van der Waals surface area contributed by atoms with Crippen molar-refractivity contribution in [3.05, 3.63) is 0 Å². The van der Waals surface area contributed by atoms with Crippen molar-refractivity contribution < 1.29 is 4.79 Å². The fourth-order valence-corrected chi connectivity index (χ4v) is 0. The highest BCUT2D eigenvalue weighted by Gasteiger charge is 1.23. The van der Waals surface area contributed by atoms with E-state index in [2.05, 4.69) is 0 Å². The van der Waals surface area contributed by atoms with Crippen molar-refractivity contribution in [1.82, 2.24) is 0 Å². The van der Waals surface area contributed by atoms with Crippen LogP contribution in [0.5, 0.6) is 0 Å². The third-order valence-corrected chi connectivity index (χ3v) is 0. The predicted octanol–water partition coefficient (Wildman–Crippen LogP) is -1.08. The number of hydrogen-bond acceptors (Lipinski definition) is 2. The lowest BCUT2D eigenvalue weighted by molar-refractivity contribution is -0.0979. The molecule has 0 aromatic heterocycles. The van der Waals surface area contributed by atoms with Gasteiger partial charge < -0.3 is 4.79 Å². The first-order valence-corrected chi connectivity index (χ1v) is 1.01. The molecule has 0 aliphatic carbocycles. The Morgan fingerprint density at radius 1 is 1.80 bits per heavy atom. The molecule has 0 aliphatic rings. The summed E-state index contributed by atoms with van der Waals surface area (Å²) in [5, 5.41) is 7.32. The zero-order valence-corrected chi connectivity index (χ0v) is 3.06. The maximum Gasteiger partial charge on any atom is 0.232 e. The average Bonchev–Trinajstić information content (AvgIpc) is 1.46. The summed E-state index contributed by atoms with van der Waals surface area (Å²) in [6.45, 7) is 2.00. The summed E-state index contributed by atoms with van der Waals surface area (Å²) in [7, 11) is 1.43. The molecule has 0 saturated carbocycles. The van der Waals surface area contributed by atoms with Crippen LogP contribution in [0, 0.1) is 11.2 Å². The maximum atomic E-state index is 8.00. The van der Waals surface area contributed by atoms with Crippen LogP contribution in [0.2, 0.25) is 0 Å². The lowest BCUT2D eigenvalue weighted by Gasteiger charge is -1.12. The Bertz CT molecular complexity index is 39.4. The molecule has 0 atom stereocenters. The van der Waals surface area contributed by atoms with Gasteiger partial charge in [-0.1, -0.05) is 0 Å². The number of hydrogen-bond donors (Lipinski definition) is 0. The van der Waals surface area contributed by atoms with Gasteiger partial charge in [-0.3, -0.25) is 0 Å². The molecule has 0 heterocycles. The Balaban J connectivity index is 0. The van der Waals surface area contributed by atoms with Crippen LogP contribution in [0.25, 0.3) is 0 Å². The zero-order valence-electron chi connectivity index (χ0n) is 3.06. The third-order valence-electron chi connectivity index (χ3n) is 0. The fourth-order valence-electron chi connectivity index (χ4n) is 0. The van der Waals surface area contributed by atoms with E-state index in [0.29, 0.717) is 0 Å². The van der Waals surface area contributed by atoms with Crippen molar-refractivity contribution in [1.29, 1.82) is 5.26 Å². The number of carbonyl (C=O) groups is 1. The zero-order chi connectivity index (χ0) is 4.71. The van der Waals surface area contributed by atoms with E-state index in [0.717, 1.165) is 0 Å². The van der Waals surface area contributed by atoms with Crippen molar-refractivity contribution in [3.63, 3.8) is 0 Å². The molecule has 3 heteroatoms. The summed E-state index contributed by atoms with van der Waals surface area (Å²) in [5.74, 6) is 1.75. The fraction of sp³-hybridized carbons (Fsp3) is 0. The molecule has 0 aliphatic heterocycles. The highest BCUT2D eigenvalue weighted by atomic mass is 16.1. The lowest BCUT2D eigenvalue weighted by atomic mass is 10.2. The molecule has 0 N–H and O–H groups in total. The molecule has 0 aromatic carbocycles. The smallest absolute Gasteiger partial charge is 0.232 e. The van der Waals surface area contributed by atoms with E-state index in [1.807, 2.05) is 6.79 Å². The number of rotatable bonds is 0. The first kappa shape index (κ1) is 8.88. The summed E-state index contributed by atoms with van der Waals surface area (Å²) >= 11 is 0. The Kier molecular flexibility index (Phi) is 560. The maximum absolute atomic E-state index is 8.00. The second-order valence-electron chi connectivity index (χ2n) is 0.224. The molecule has 0 amide bonds. The molecule has 0 unspecified atom stereocenters. The van der Waals surface area contributed by atoms with E-state index in [1.165, 1.54) is 7.85 Å². The van der Waals surface area contributed by atoms with Crippen molar-refractivity contribution in [3.8, 4) is 5.97 Å². The molecule has 0 fully saturated rings. The van der Waals surface area contributed by atoms with E-state index in [1.54, 1.807) is 5.97 Å². The molecule has 0 aromatic rings. The van der Waals surface area contributed by atoms with Gasteiger partial charge in [0.25, 0.3) is 0 Å². The SMILES string of the molecule is BC#N.C=O. The molecular formula is C2H4BNO. The van der Waals surface area contributed by atoms with E-state index >= 15 is 0 Å². The minimum Gasteiger partial charge on any atom is -0.307 e. The Labute approximate surface area is 31.8 Å². The van der Waals surface area contributed by atoms with Gasteiger partial charge in [-0.25, -0.2) is 5.26 Å². The summed E-state index contributed by atoms with van der Waals surface area (Å²) < 4.78 is 0. The summed E-state index contributed by atoms with van der Waals surface area (Å²) in [5.41, 5.74) is 0. The minimum atomic E-state index is 1.43. The number of carbonyl (C=O) groups excluding carboxylic acids is 1. The minimum absolute atomic E-state index is 1.43. The number of nitriles is 1. The molecule has 26 valence electrons. The van der Waals surface area contributed by atoms with Gasteiger partial charge in [0.1, 0.15) is 6.79 Å². The topological polar surface area (TPSA) is 40.9 Å². The monoisotopic (exact) mass is 69.0 g/mol. The molecule has 2 nitrogen and oxygen atoms in total. The van der Waals surface area contributed by atoms with Crippen LogP contribution in [0.1, 0.15) is 0 Å². The Morgan fingerprint density at radius 2 is 1.80 bits per heavy atom. The summed E-state index contributed by atoms with van der Waals surface area (Å²) in [4.78, 5) is 8.00. The van der Waals surface area contributed by atoms with Crippen molar-refractivity contribution in [2.75, 3.05) is 0 Å². The van der Waals surface area contributed by atoms with Crippen LogP contribution in [0.4, 0.5) is 0 Å². The van der Waals surface area contributed by atoms with Gasteiger partial charge in [0.2, 0.25) is 7.85 Å². The van der Waals surface area contributed by atoms with Crippen LogP contribution in [-0.2, 0) is 4.79 Å². The van der Waals surface area contributed by atoms with Crippen molar-refractivity contribution in [2.45, 2.75) is 0 Å². The molecule has 0 bridgehead atoms. The van der Waals surface area contributed by atoms with Gasteiger partial charge in [-0.15, -0.1) is 0 Å². The average molecular weight is 68.9 g/mol. The van der Waals surface area contributed by atoms with Crippen molar-refractivity contribution >= 4 is 14.6 Å². The molecule has 0 saturated heterocycles. The van der Waals surface area contributed by atoms with Gasteiger partial charge in [0.15, 0.2) is 0 Å². The van der Waals surface area contributed by atoms with Crippen LogP contribution >= 0.6 is 0 Å². The van der Waals surface area contributed by atoms with E-state index < -0.39 is 0 Å². The second-order valence-corrected chi connectivity index (χ2v) is 0.224. The first-order chi connectivity index (χ1) is 2.41. The highest BCUT2D eigenvalue weighted by molar-refractivity contribution is 6.20. The molecular weight excluding hydrogens is 64.8 g/mol. The standard InChI is InChI=1S/CH2BN.CH2O/c2-1-3;1-2/h2H2;1H2. The Morgan fingerprint density at radius 3 is 1.80 bits per heavy atom. The summed E-state index contributed by atoms with van der Waals surface area (Å²) in [6.07, 6.45) is 0. The van der Waals surface area contributed by atoms with E-state index in [4.69, 9.17) is 10.1 Å². The van der Waals surface area contributed by atoms with Gasteiger partial charge in [-0.05, 0) is 5.97 Å². The predicted molar refractivity (Wildman–Crippen MR) is 21.3 cm³/mol. The first-order valence-electron chi connectivity index (χ1n) is 1.01. The second kappa shape index (κ2) is 316. The van der Waals surface area contributed by atoms with Gasteiger partial charge in [0.05, 0.1) is 0 Å². The van der Waals surface area contributed by atoms with Crippen LogP contribution < -0.4 is 0 Å². The Hall–Kier alpha value is -0.775. The molecule has 0 rings (SSSR count). The van der Waals surface area contributed by atoms with Gasteiger partial charge >= 0.3 is 0 Å². The van der Waals surface area contributed by atoms with Gasteiger partial charge in [-0.2, -0.15) is 0 Å². The largest absolute Gasteiger partial charge is 0.307 e.